The van der Waals surface area contributed by atoms with Crippen LogP contribution >= 0.6 is 11.6 Å². The second-order valence-corrected chi connectivity index (χ2v) is 7.92. The van der Waals surface area contributed by atoms with Crippen molar-refractivity contribution in [1.29, 1.82) is 0 Å². The fourth-order valence-corrected chi connectivity index (χ4v) is 3.87. The predicted molar refractivity (Wildman–Crippen MR) is 115 cm³/mol. The van der Waals surface area contributed by atoms with Crippen LogP contribution < -0.4 is 4.90 Å². The smallest absolute Gasteiger partial charge is 0.325 e. The number of benzene rings is 1. The molecule has 162 valence electrons. The second kappa shape index (κ2) is 9.30. The molecule has 0 atom stereocenters. The van der Waals surface area contributed by atoms with E-state index in [2.05, 4.69) is 20.2 Å². The van der Waals surface area contributed by atoms with Gasteiger partial charge in [-0.1, -0.05) is 23.7 Å². The van der Waals surface area contributed by atoms with E-state index in [9.17, 15) is 9.59 Å². The molecule has 1 saturated heterocycles. The molecule has 3 heterocycles. The molecule has 4 rings (SSSR count). The van der Waals surface area contributed by atoms with E-state index in [1.807, 2.05) is 24.3 Å². The first-order chi connectivity index (χ1) is 15.0. The number of halogens is 1. The van der Waals surface area contributed by atoms with Crippen LogP contribution in [0.2, 0.25) is 5.02 Å². The minimum absolute atomic E-state index is 0.0396. The maximum atomic E-state index is 13.2. The molecule has 3 aromatic rings. The van der Waals surface area contributed by atoms with Gasteiger partial charge in [-0.05, 0) is 42.7 Å². The summed E-state index contributed by atoms with van der Waals surface area (Å²) in [5, 5.41) is 13.0. The molecule has 9 nitrogen and oxygen atoms in total. The Morgan fingerprint density at radius 1 is 1.16 bits per heavy atom. The molecule has 10 heteroatoms. The largest absolute Gasteiger partial charge is 0.468 e. The fourth-order valence-electron chi connectivity index (χ4n) is 3.74. The first-order valence-corrected chi connectivity index (χ1v) is 10.4. The maximum Gasteiger partial charge on any atom is 0.325 e. The summed E-state index contributed by atoms with van der Waals surface area (Å²) in [4.78, 5) is 28.9. The molecule has 1 aliphatic heterocycles. The molecule has 2 aromatic heterocycles. The molecule has 0 N–H and O–H groups in total. The lowest BCUT2D eigenvalue weighted by Crippen LogP contribution is -2.44. The zero-order chi connectivity index (χ0) is 21.8. The number of esters is 1. The summed E-state index contributed by atoms with van der Waals surface area (Å²) in [7, 11) is 1.32. The molecule has 1 aliphatic rings. The SMILES string of the molecule is COC(=O)CN(Cc1ccc(Cl)cc1)C(=O)C1CCN(c2ccc3nncn3n2)CC1. The van der Waals surface area contributed by atoms with Gasteiger partial charge in [0.05, 0.1) is 7.11 Å². The van der Waals surface area contributed by atoms with Crippen molar-refractivity contribution < 1.29 is 14.3 Å². The zero-order valence-electron chi connectivity index (χ0n) is 17.1. The summed E-state index contributed by atoms with van der Waals surface area (Å²) in [5.74, 6) is 0.186. The third kappa shape index (κ3) is 4.93. The topological polar surface area (TPSA) is 92.9 Å². The number of ether oxygens (including phenoxy) is 1. The number of hydrogen-bond acceptors (Lipinski definition) is 7. The van der Waals surface area contributed by atoms with Gasteiger partial charge in [0.1, 0.15) is 18.7 Å². The Balaban J connectivity index is 1.42. The van der Waals surface area contributed by atoms with Gasteiger partial charge in [-0.25, -0.2) is 0 Å². The summed E-state index contributed by atoms with van der Waals surface area (Å²) in [6.07, 6.45) is 2.93. The van der Waals surface area contributed by atoms with E-state index in [-0.39, 0.29) is 18.4 Å². The summed E-state index contributed by atoms with van der Waals surface area (Å²) in [6, 6.07) is 11.0. The number of methoxy groups -OCH3 is 1. The predicted octanol–water partition coefficient (Wildman–Crippen LogP) is 2.20. The number of aromatic nitrogens is 4. The number of rotatable bonds is 6. The van der Waals surface area contributed by atoms with Crippen molar-refractivity contribution in [2.45, 2.75) is 19.4 Å². The fraction of sp³-hybridized carbons (Fsp3) is 0.381. The van der Waals surface area contributed by atoms with Crippen molar-refractivity contribution in [2.24, 2.45) is 5.92 Å². The molecule has 0 aliphatic carbocycles. The molecule has 0 saturated carbocycles. The number of amides is 1. The standard InChI is InChI=1S/C21H23ClN6O3/c1-31-20(29)13-27(12-15-2-4-17(22)5-3-15)21(30)16-8-10-26(11-9-16)19-7-6-18-24-23-14-28(18)25-19/h2-7,14,16H,8-13H2,1H3. The highest BCUT2D eigenvalue weighted by Crippen LogP contribution is 2.24. The Labute approximate surface area is 184 Å². The van der Waals surface area contributed by atoms with E-state index in [0.29, 0.717) is 43.1 Å². The highest BCUT2D eigenvalue weighted by Gasteiger charge is 2.30. The van der Waals surface area contributed by atoms with Gasteiger partial charge in [0, 0.05) is 30.6 Å². The lowest BCUT2D eigenvalue weighted by Gasteiger charge is -2.34. The number of anilines is 1. The summed E-state index contributed by atoms with van der Waals surface area (Å²) in [5.41, 5.74) is 1.60. The van der Waals surface area contributed by atoms with Crippen molar-refractivity contribution in [3.05, 3.63) is 53.3 Å². The van der Waals surface area contributed by atoms with Crippen LogP contribution in [0.3, 0.4) is 0 Å². The Hall–Kier alpha value is -3.20. The molecule has 1 aromatic carbocycles. The average Bonchev–Trinajstić information content (AvgIpc) is 3.27. The van der Waals surface area contributed by atoms with E-state index in [4.69, 9.17) is 16.3 Å². The summed E-state index contributed by atoms with van der Waals surface area (Å²) < 4.78 is 6.43. The Bertz CT molecular complexity index is 1060. The third-order valence-corrected chi connectivity index (χ3v) is 5.71. The van der Waals surface area contributed by atoms with Crippen LogP contribution in [0, 0.1) is 5.92 Å². The molecule has 0 bridgehead atoms. The van der Waals surface area contributed by atoms with Crippen molar-refractivity contribution in [3.63, 3.8) is 0 Å². The summed E-state index contributed by atoms with van der Waals surface area (Å²) >= 11 is 5.96. The Morgan fingerprint density at radius 2 is 1.90 bits per heavy atom. The van der Waals surface area contributed by atoms with Crippen molar-refractivity contribution >= 4 is 34.9 Å². The van der Waals surface area contributed by atoms with Crippen LogP contribution in [0.4, 0.5) is 5.82 Å². The number of fused-ring (bicyclic) bond motifs is 1. The van der Waals surface area contributed by atoms with E-state index < -0.39 is 5.97 Å². The quantitative estimate of drug-likeness (QED) is 0.540. The van der Waals surface area contributed by atoms with Crippen LogP contribution in [-0.4, -0.2) is 63.3 Å². The van der Waals surface area contributed by atoms with Crippen molar-refractivity contribution in [3.8, 4) is 0 Å². The van der Waals surface area contributed by atoms with Crippen LogP contribution in [-0.2, 0) is 20.9 Å². The van der Waals surface area contributed by atoms with E-state index in [0.717, 1.165) is 11.4 Å². The molecule has 0 spiro atoms. The van der Waals surface area contributed by atoms with Gasteiger partial charge in [0.15, 0.2) is 5.65 Å². The Kier molecular flexibility index (Phi) is 6.31. The summed E-state index contributed by atoms with van der Waals surface area (Å²) in [6.45, 7) is 1.65. The lowest BCUT2D eigenvalue weighted by atomic mass is 9.95. The van der Waals surface area contributed by atoms with Gasteiger partial charge in [-0.2, -0.15) is 4.52 Å². The lowest BCUT2D eigenvalue weighted by molar-refractivity contribution is -0.149. The Morgan fingerprint density at radius 3 is 2.61 bits per heavy atom. The van der Waals surface area contributed by atoms with Crippen LogP contribution in [0.5, 0.6) is 0 Å². The molecular formula is C21H23ClN6O3. The molecular weight excluding hydrogens is 420 g/mol. The van der Waals surface area contributed by atoms with Crippen molar-refractivity contribution in [1.82, 2.24) is 24.7 Å². The van der Waals surface area contributed by atoms with E-state index >= 15 is 0 Å². The normalized spacial score (nSPS) is 14.6. The number of carbonyl (C=O) groups excluding carboxylic acids is 2. The molecule has 0 radical (unpaired) electrons. The van der Waals surface area contributed by atoms with Gasteiger partial charge in [0.2, 0.25) is 5.91 Å². The second-order valence-electron chi connectivity index (χ2n) is 7.48. The monoisotopic (exact) mass is 442 g/mol. The minimum atomic E-state index is -0.439. The molecule has 31 heavy (non-hydrogen) atoms. The van der Waals surface area contributed by atoms with Gasteiger partial charge in [-0.3, -0.25) is 9.59 Å². The number of piperidine rings is 1. The molecule has 1 amide bonds. The van der Waals surface area contributed by atoms with Gasteiger partial charge < -0.3 is 14.5 Å². The highest BCUT2D eigenvalue weighted by atomic mass is 35.5. The molecule has 0 unspecified atom stereocenters. The third-order valence-electron chi connectivity index (χ3n) is 5.46. The van der Waals surface area contributed by atoms with E-state index in [1.54, 1.807) is 27.9 Å². The number of nitrogens with zero attached hydrogens (tertiary/aromatic N) is 6. The highest BCUT2D eigenvalue weighted by molar-refractivity contribution is 6.30. The molecule has 1 fully saturated rings. The minimum Gasteiger partial charge on any atom is -0.468 e. The van der Waals surface area contributed by atoms with Gasteiger partial charge in [-0.15, -0.1) is 15.3 Å². The maximum absolute atomic E-state index is 13.2. The van der Waals surface area contributed by atoms with E-state index in [1.165, 1.54) is 7.11 Å². The first-order valence-electron chi connectivity index (χ1n) is 10.1. The zero-order valence-corrected chi connectivity index (χ0v) is 17.9. The first kappa shape index (κ1) is 21.0. The van der Waals surface area contributed by atoms with Crippen LogP contribution in [0.15, 0.2) is 42.7 Å². The average molecular weight is 443 g/mol. The van der Waals surface area contributed by atoms with Crippen LogP contribution in [0.1, 0.15) is 18.4 Å². The van der Waals surface area contributed by atoms with Crippen LogP contribution in [0.25, 0.3) is 5.65 Å². The number of hydrogen-bond donors (Lipinski definition) is 0. The van der Waals surface area contributed by atoms with Crippen molar-refractivity contribution in [2.75, 3.05) is 31.6 Å². The van der Waals surface area contributed by atoms with Gasteiger partial charge in [0.25, 0.3) is 0 Å². The number of carbonyl (C=O) groups is 2. The van der Waals surface area contributed by atoms with Gasteiger partial charge >= 0.3 is 5.97 Å².